The fourth-order valence-electron chi connectivity index (χ4n) is 3.35. The minimum absolute atomic E-state index is 0.0853. The van der Waals surface area contributed by atoms with Crippen molar-refractivity contribution < 1.29 is 22.8 Å². The number of amides is 2. The molecular weight excluding hydrogens is 505 g/mol. The molecule has 2 amide bonds. The maximum absolute atomic E-state index is 13.2. The van der Waals surface area contributed by atoms with Crippen LogP contribution in [0.4, 0.5) is 24.5 Å². The first kappa shape index (κ1) is 24.4. The molecule has 2 heterocycles. The van der Waals surface area contributed by atoms with E-state index in [2.05, 4.69) is 15.6 Å². The van der Waals surface area contributed by atoms with Crippen LogP contribution in [0.1, 0.15) is 37.0 Å². The SMILES string of the molecule is Cc1cc(=O)n2c(C(=O)Nc3cccc(C(F)(F)F)c3)c(C(=O)Nc3ccc(Cl)cc3C)sc2n1. The largest absolute Gasteiger partial charge is 0.416 e. The van der Waals surface area contributed by atoms with Crippen LogP contribution in [0, 0.1) is 13.8 Å². The number of nitrogens with zero attached hydrogens (tertiary/aromatic N) is 2. The molecule has 4 rings (SSSR count). The maximum Gasteiger partial charge on any atom is 0.416 e. The highest BCUT2D eigenvalue weighted by molar-refractivity contribution is 7.19. The fraction of sp³-hybridized carbons (Fsp3) is 0.130. The normalized spacial score (nSPS) is 11.5. The van der Waals surface area contributed by atoms with Crippen LogP contribution < -0.4 is 16.2 Å². The van der Waals surface area contributed by atoms with Crippen LogP contribution >= 0.6 is 22.9 Å². The molecule has 0 fully saturated rings. The zero-order valence-corrected chi connectivity index (χ0v) is 19.7. The Balaban J connectivity index is 1.79. The smallest absolute Gasteiger partial charge is 0.321 e. The number of hydrogen-bond donors (Lipinski definition) is 2. The van der Waals surface area contributed by atoms with E-state index in [0.717, 1.165) is 33.9 Å². The second-order valence-corrected chi connectivity index (χ2v) is 8.99. The van der Waals surface area contributed by atoms with Gasteiger partial charge in [-0.25, -0.2) is 9.38 Å². The van der Waals surface area contributed by atoms with Crippen LogP contribution in [-0.2, 0) is 6.18 Å². The van der Waals surface area contributed by atoms with Crippen molar-refractivity contribution in [3.63, 3.8) is 0 Å². The second kappa shape index (κ2) is 9.16. The number of halogens is 4. The summed E-state index contributed by atoms with van der Waals surface area (Å²) < 4.78 is 40.2. The van der Waals surface area contributed by atoms with Gasteiger partial charge in [0.25, 0.3) is 17.4 Å². The molecule has 12 heteroatoms. The Morgan fingerprint density at radius 1 is 1.03 bits per heavy atom. The van der Waals surface area contributed by atoms with Gasteiger partial charge in [-0.15, -0.1) is 0 Å². The van der Waals surface area contributed by atoms with Crippen molar-refractivity contribution in [1.82, 2.24) is 9.38 Å². The first-order chi connectivity index (χ1) is 16.4. The molecule has 2 aromatic heterocycles. The Morgan fingerprint density at radius 3 is 2.46 bits per heavy atom. The highest BCUT2D eigenvalue weighted by atomic mass is 35.5. The van der Waals surface area contributed by atoms with Gasteiger partial charge >= 0.3 is 6.18 Å². The average molecular weight is 521 g/mol. The van der Waals surface area contributed by atoms with Crippen LogP contribution in [0.3, 0.4) is 0 Å². The molecule has 2 N–H and O–H groups in total. The van der Waals surface area contributed by atoms with Crippen molar-refractivity contribution in [2.45, 2.75) is 20.0 Å². The first-order valence-electron chi connectivity index (χ1n) is 10.0. The molecule has 0 aliphatic rings. The molecule has 35 heavy (non-hydrogen) atoms. The molecule has 0 atom stereocenters. The first-order valence-corrected chi connectivity index (χ1v) is 11.2. The maximum atomic E-state index is 13.2. The Morgan fingerprint density at radius 2 is 1.77 bits per heavy atom. The number of benzene rings is 2. The van der Waals surface area contributed by atoms with Crippen LogP contribution in [0.15, 0.2) is 53.3 Å². The number of aryl methyl sites for hydroxylation is 2. The van der Waals surface area contributed by atoms with E-state index >= 15 is 0 Å². The van der Waals surface area contributed by atoms with Crippen molar-refractivity contribution in [2.75, 3.05) is 10.6 Å². The van der Waals surface area contributed by atoms with Crippen molar-refractivity contribution in [1.29, 1.82) is 0 Å². The lowest BCUT2D eigenvalue weighted by Crippen LogP contribution is -2.25. The third-order valence-corrected chi connectivity index (χ3v) is 6.23. The summed E-state index contributed by atoms with van der Waals surface area (Å²) in [6.07, 6.45) is -4.62. The molecule has 0 spiro atoms. The van der Waals surface area contributed by atoms with Crippen molar-refractivity contribution in [3.05, 3.63) is 91.3 Å². The lowest BCUT2D eigenvalue weighted by Gasteiger charge is -2.11. The Labute approximate surface area is 205 Å². The number of carbonyl (C=O) groups is 2. The minimum atomic E-state index is -4.62. The fourth-order valence-corrected chi connectivity index (χ4v) is 4.65. The molecule has 0 radical (unpaired) electrons. The summed E-state index contributed by atoms with van der Waals surface area (Å²) in [5, 5.41) is 5.50. The zero-order valence-electron chi connectivity index (χ0n) is 18.2. The average Bonchev–Trinajstić information content (AvgIpc) is 3.15. The predicted molar refractivity (Wildman–Crippen MR) is 128 cm³/mol. The molecule has 2 aromatic carbocycles. The van der Waals surface area contributed by atoms with Crippen molar-refractivity contribution in [2.24, 2.45) is 0 Å². The van der Waals surface area contributed by atoms with Gasteiger partial charge in [0.15, 0.2) is 4.96 Å². The number of aromatic nitrogens is 2. The van der Waals surface area contributed by atoms with E-state index in [9.17, 15) is 27.6 Å². The molecule has 180 valence electrons. The lowest BCUT2D eigenvalue weighted by atomic mass is 10.2. The van der Waals surface area contributed by atoms with Crippen LogP contribution in [0.25, 0.3) is 4.96 Å². The van der Waals surface area contributed by atoms with E-state index in [0.29, 0.717) is 22.0 Å². The number of nitrogens with one attached hydrogen (secondary N) is 2. The topological polar surface area (TPSA) is 92.6 Å². The summed E-state index contributed by atoms with van der Waals surface area (Å²) in [6.45, 7) is 3.31. The minimum Gasteiger partial charge on any atom is -0.321 e. The second-order valence-electron chi connectivity index (χ2n) is 7.58. The third-order valence-electron chi connectivity index (χ3n) is 4.95. The molecular formula is C23H16ClF3N4O3S. The summed E-state index contributed by atoms with van der Waals surface area (Å²) in [5.41, 5.74) is -0.607. The van der Waals surface area contributed by atoms with Crippen LogP contribution in [0.2, 0.25) is 5.02 Å². The Bertz CT molecular complexity index is 1550. The van der Waals surface area contributed by atoms with Gasteiger partial charge in [-0.1, -0.05) is 29.0 Å². The molecule has 0 bridgehead atoms. The summed E-state index contributed by atoms with van der Waals surface area (Å²) >= 11 is 6.77. The third kappa shape index (κ3) is 5.05. The van der Waals surface area contributed by atoms with Crippen molar-refractivity contribution in [3.8, 4) is 0 Å². The van der Waals surface area contributed by atoms with E-state index < -0.39 is 29.1 Å². The van der Waals surface area contributed by atoms with E-state index in [1.807, 2.05) is 0 Å². The predicted octanol–water partition coefficient (Wildman–Crippen LogP) is 5.55. The number of fused-ring (bicyclic) bond motifs is 1. The van der Waals surface area contributed by atoms with Gasteiger partial charge in [-0.3, -0.25) is 14.4 Å². The van der Waals surface area contributed by atoms with Gasteiger partial charge in [0, 0.05) is 28.2 Å². The standard InChI is InChI=1S/C23H16ClF3N4O3S/c1-11-8-14(24)6-7-16(11)30-21(34)19-18(31-17(32)9-12(2)28-22(31)35-19)20(33)29-15-5-3-4-13(10-15)23(25,26)27/h3-10H,1-2H3,(H,29,33)(H,30,34). The summed E-state index contributed by atoms with van der Waals surface area (Å²) in [7, 11) is 0. The van der Waals surface area contributed by atoms with Gasteiger partial charge in [0.2, 0.25) is 0 Å². The summed E-state index contributed by atoms with van der Waals surface area (Å²) in [6, 6.07) is 10.0. The molecule has 4 aromatic rings. The summed E-state index contributed by atoms with van der Waals surface area (Å²) in [4.78, 5) is 43.3. The molecule has 0 unspecified atom stereocenters. The number of rotatable bonds is 4. The van der Waals surface area contributed by atoms with Crippen molar-refractivity contribution >= 4 is 51.1 Å². The van der Waals surface area contributed by atoms with E-state index in [-0.39, 0.29) is 21.2 Å². The highest BCUT2D eigenvalue weighted by Crippen LogP contribution is 2.31. The zero-order chi connectivity index (χ0) is 25.5. The monoisotopic (exact) mass is 520 g/mol. The Kier molecular flexibility index (Phi) is 6.39. The van der Waals surface area contributed by atoms with Gasteiger partial charge in [-0.05, 0) is 55.8 Å². The number of anilines is 2. The molecule has 0 saturated heterocycles. The lowest BCUT2D eigenvalue weighted by molar-refractivity contribution is -0.137. The van der Waals surface area contributed by atoms with Gasteiger partial charge in [0.1, 0.15) is 10.6 Å². The van der Waals surface area contributed by atoms with Gasteiger partial charge in [0.05, 0.1) is 5.56 Å². The van der Waals surface area contributed by atoms with E-state index in [4.69, 9.17) is 11.6 Å². The number of hydrogen-bond acceptors (Lipinski definition) is 5. The highest BCUT2D eigenvalue weighted by Gasteiger charge is 2.31. The van der Waals surface area contributed by atoms with E-state index in [1.54, 1.807) is 32.0 Å². The molecule has 7 nitrogen and oxygen atoms in total. The van der Waals surface area contributed by atoms with Crippen LogP contribution in [-0.4, -0.2) is 21.2 Å². The van der Waals surface area contributed by atoms with Crippen LogP contribution in [0.5, 0.6) is 0 Å². The van der Waals surface area contributed by atoms with Gasteiger partial charge < -0.3 is 10.6 Å². The summed E-state index contributed by atoms with van der Waals surface area (Å²) in [5.74, 6) is -1.64. The van der Waals surface area contributed by atoms with E-state index in [1.165, 1.54) is 12.1 Å². The molecule has 0 saturated carbocycles. The van der Waals surface area contributed by atoms with Gasteiger partial charge in [-0.2, -0.15) is 13.2 Å². The Hall–Kier alpha value is -3.70. The number of carbonyl (C=O) groups excluding carboxylic acids is 2. The number of thiazole rings is 1. The number of alkyl halides is 3. The molecule has 0 aliphatic carbocycles. The quantitative estimate of drug-likeness (QED) is 0.369. The molecule has 0 aliphatic heterocycles.